The van der Waals surface area contributed by atoms with Crippen molar-refractivity contribution in [2.75, 3.05) is 18.5 Å². The van der Waals surface area contributed by atoms with Gasteiger partial charge in [-0.25, -0.2) is 4.98 Å². The van der Waals surface area contributed by atoms with Crippen LogP contribution in [-0.2, 0) is 11.5 Å². The van der Waals surface area contributed by atoms with Gasteiger partial charge in [0.2, 0.25) is 5.95 Å². The molecule has 0 aliphatic carbocycles. The molecule has 0 atom stereocenters. The smallest absolute Gasteiger partial charge is 0.280 e. The number of ether oxygens (including phenoxy) is 1. The van der Waals surface area contributed by atoms with Crippen molar-refractivity contribution >= 4 is 22.8 Å². The van der Waals surface area contributed by atoms with Crippen LogP contribution < -0.4 is 10.9 Å². The van der Waals surface area contributed by atoms with Crippen LogP contribution in [0.15, 0.2) is 41.5 Å². The number of aromatic nitrogens is 4. The molecule has 0 amide bonds. The molecule has 0 saturated heterocycles. The molecule has 0 aliphatic heterocycles. The second-order valence-electron chi connectivity index (χ2n) is 4.55. The van der Waals surface area contributed by atoms with Crippen LogP contribution in [0.25, 0.3) is 11.2 Å². The first-order valence-electron chi connectivity index (χ1n) is 6.74. The molecule has 3 aromatic rings. The van der Waals surface area contributed by atoms with Crippen LogP contribution in [-0.4, -0.2) is 37.8 Å². The highest BCUT2D eigenvalue weighted by Gasteiger charge is 2.10. The lowest BCUT2D eigenvalue weighted by Gasteiger charge is -2.07. The Kier molecular flexibility index (Phi) is 4.12. The van der Waals surface area contributed by atoms with E-state index in [1.165, 1.54) is 6.33 Å². The van der Waals surface area contributed by atoms with E-state index >= 15 is 0 Å². The Morgan fingerprint density at radius 1 is 1.32 bits per heavy atom. The van der Waals surface area contributed by atoms with Crippen molar-refractivity contribution < 1.29 is 9.84 Å². The normalized spacial score (nSPS) is 11.0. The highest BCUT2D eigenvalue weighted by Crippen LogP contribution is 2.13. The number of hydrogen-bond donors (Lipinski definition) is 3. The number of fused-ring (bicyclic) bond motifs is 1. The second-order valence-corrected chi connectivity index (χ2v) is 4.55. The van der Waals surface area contributed by atoms with Gasteiger partial charge in [-0.05, 0) is 12.1 Å². The summed E-state index contributed by atoms with van der Waals surface area (Å²) in [4.78, 5) is 23.1. The largest absolute Gasteiger partial charge is 0.394 e. The summed E-state index contributed by atoms with van der Waals surface area (Å²) in [6.45, 7) is 0.303. The molecule has 3 N–H and O–H groups in total. The van der Waals surface area contributed by atoms with Gasteiger partial charge in [0.15, 0.2) is 11.2 Å². The number of rotatable bonds is 6. The van der Waals surface area contributed by atoms with E-state index in [1.54, 1.807) is 4.57 Å². The van der Waals surface area contributed by atoms with Crippen molar-refractivity contribution in [3.63, 3.8) is 0 Å². The molecule has 114 valence electrons. The lowest BCUT2D eigenvalue weighted by molar-refractivity contribution is 0.0499. The predicted octanol–water partition coefficient (Wildman–Crippen LogP) is 0.830. The molecule has 0 radical (unpaired) electrons. The maximum Gasteiger partial charge on any atom is 0.280 e. The Labute approximate surface area is 125 Å². The summed E-state index contributed by atoms with van der Waals surface area (Å²) in [6, 6.07) is 9.40. The molecule has 3 rings (SSSR count). The number of imidazole rings is 1. The van der Waals surface area contributed by atoms with Gasteiger partial charge in [-0.3, -0.25) is 14.3 Å². The van der Waals surface area contributed by atoms with Crippen molar-refractivity contribution in [3.05, 3.63) is 47.0 Å². The van der Waals surface area contributed by atoms with Gasteiger partial charge in [0, 0.05) is 5.69 Å². The number of H-pyrrole nitrogens is 1. The zero-order valence-electron chi connectivity index (χ0n) is 11.7. The van der Waals surface area contributed by atoms with E-state index in [0.717, 1.165) is 5.69 Å². The van der Waals surface area contributed by atoms with E-state index in [9.17, 15) is 4.79 Å². The summed E-state index contributed by atoms with van der Waals surface area (Å²) in [5.74, 6) is 0.326. The highest BCUT2D eigenvalue weighted by molar-refractivity contribution is 5.71. The number of aliphatic hydroxyl groups is 1. The standard InChI is InChI=1S/C14H15N5O3/c20-6-7-22-9-19-8-15-11-12(19)17-14(18-13(11)21)16-10-4-2-1-3-5-10/h1-5,8,20H,6-7,9H2,(H2,16,17,18,21). The van der Waals surface area contributed by atoms with Crippen LogP contribution in [0.3, 0.4) is 0 Å². The quantitative estimate of drug-likeness (QED) is 0.582. The minimum atomic E-state index is -0.329. The number of aromatic amines is 1. The lowest BCUT2D eigenvalue weighted by atomic mass is 10.3. The number of anilines is 2. The number of para-hydroxylation sites is 1. The first-order chi connectivity index (χ1) is 10.8. The second kappa shape index (κ2) is 6.37. The van der Waals surface area contributed by atoms with Crippen LogP contribution in [0.2, 0.25) is 0 Å². The fourth-order valence-electron chi connectivity index (χ4n) is 1.99. The average molecular weight is 301 g/mol. The minimum absolute atomic E-state index is 0.0680. The molecule has 0 spiro atoms. The van der Waals surface area contributed by atoms with E-state index in [2.05, 4.69) is 20.3 Å². The predicted molar refractivity (Wildman–Crippen MR) is 80.9 cm³/mol. The molecule has 8 nitrogen and oxygen atoms in total. The number of aliphatic hydroxyl groups excluding tert-OH is 1. The Hall–Kier alpha value is -2.71. The number of hydrogen-bond acceptors (Lipinski definition) is 6. The fourth-order valence-corrected chi connectivity index (χ4v) is 1.99. The van der Waals surface area contributed by atoms with Gasteiger partial charge in [-0.2, -0.15) is 4.98 Å². The van der Waals surface area contributed by atoms with Gasteiger partial charge in [0.1, 0.15) is 6.73 Å². The van der Waals surface area contributed by atoms with E-state index < -0.39 is 0 Å². The summed E-state index contributed by atoms with van der Waals surface area (Å²) in [5, 5.41) is 11.8. The maximum atomic E-state index is 12.0. The van der Waals surface area contributed by atoms with Crippen LogP contribution in [0.1, 0.15) is 0 Å². The molecule has 0 fully saturated rings. The number of nitrogens with one attached hydrogen (secondary N) is 2. The van der Waals surface area contributed by atoms with Crippen LogP contribution >= 0.6 is 0 Å². The lowest BCUT2D eigenvalue weighted by Crippen LogP contribution is -2.13. The molecular formula is C14H15N5O3. The van der Waals surface area contributed by atoms with Crippen LogP contribution in [0.4, 0.5) is 11.6 Å². The molecule has 0 bridgehead atoms. The number of benzene rings is 1. The Morgan fingerprint density at radius 2 is 2.14 bits per heavy atom. The first kappa shape index (κ1) is 14.2. The maximum absolute atomic E-state index is 12.0. The highest BCUT2D eigenvalue weighted by atomic mass is 16.5. The summed E-state index contributed by atoms with van der Waals surface area (Å²) in [6.07, 6.45) is 1.48. The van der Waals surface area contributed by atoms with Crippen LogP contribution in [0.5, 0.6) is 0 Å². The molecule has 8 heteroatoms. The Bertz CT molecular complexity index is 812. The average Bonchev–Trinajstić information content (AvgIpc) is 2.92. The van der Waals surface area contributed by atoms with Gasteiger partial charge in [-0.15, -0.1) is 0 Å². The first-order valence-corrected chi connectivity index (χ1v) is 6.74. The van der Waals surface area contributed by atoms with Gasteiger partial charge >= 0.3 is 0 Å². The van der Waals surface area contributed by atoms with Crippen molar-refractivity contribution in [1.29, 1.82) is 0 Å². The van der Waals surface area contributed by atoms with Gasteiger partial charge in [0.25, 0.3) is 5.56 Å². The minimum Gasteiger partial charge on any atom is -0.394 e. The fraction of sp³-hybridized carbons (Fsp3) is 0.214. The molecule has 2 aromatic heterocycles. The van der Waals surface area contributed by atoms with Gasteiger partial charge in [-0.1, -0.05) is 18.2 Å². The summed E-state index contributed by atoms with van der Waals surface area (Å²) < 4.78 is 6.84. The molecular weight excluding hydrogens is 286 g/mol. The summed E-state index contributed by atoms with van der Waals surface area (Å²) >= 11 is 0. The van der Waals surface area contributed by atoms with E-state index in [4.69, 9.17) is 9.84 Å². The SMILES string of the molecule is O=c1[nH]c(Nc2ccccc2)nc2c1ncn2COCCO. The third-order valence-corrected chi connectivity index (χ3v) is 2.98. The van der Waals surface area contributed by atoms with Crippen molar-refractivity contribution in [1.82, 2.24) is 19.5 Å². The zero-order valence-corrected chi connectivity index (χ0v) is 11.7. The topological polar surface area (TPSA) is 105 Å². The molecule has 1 aromatic carbocycles. The van der Waals surface area contributed by atoms with Gasteiger partial charge in [0.05, 0.1) is 19.5 Å². The Balaban J connectivity index is 1.92. The third-order valence-electron chi connectivity index (χ3n) is 2.98. The monoisotopic (exact) mass is 301 g/mol. The molecule has 2 heterocycles. The van der Waals surface area contributed by atoms with Gasteiger partial charge < -0.3 is 15.2 Å². The van der Waals surface area contributed by atoms with Crippen molar-refractivity contribution in [3.8, 4) is 0 Å². The molecule has 22 heavy (non-hydrogen) atoms. The Morgan fingerprint density at radius 3 is 2.91 bits per heavy atom. The molecule has 0 aliphatic rings. The zero-order chi connectivity index (χ0) is 15.4. The summed E-state index contributed by atoms with van der Waals surface area (Å²) in [5.41, 5.74) is 1.14. The number of nitrogens with zero attached hydrogens (tertiary/aromatic N) is 3. The van der Waals surface area contributed by atoms with Crippen LogP contribution in [0, 0.1) is 0 Å². The molecule has 0 unspecified atom stereocenters. The summed E-state index contributed by atoms with van der Waals surface area (Å²) in [7, 11) is 0. The van der Waals surface area contributed by atoms with Crippen molar-refractivity contribution in [2.45, 2.75) is 6.73 Å². The van der Waals surface area contributed by atoms with E-state index in [0.29, 0.717) is 11.6 Å². The van der Waals surface area contributed by atoms with Crippen molar-refractivity contribution in [2.24, 2.45) is 0 Å². The van der Waals surface area contributed by atoms with E-state index in [-0.39, 0.29) is 31.0 Å². The third kappa shape index (κ3) is 2.97. The molecule has 0 saturated carbocycles. The van der Waals surface area contributed by atoms with E-state index in [1.807, 2.05) is 30.3 Å².